The maximum atomic E-state index is 13.2. The van der Waals surface area contributed by atoms with Crippen LogP contribution in [0.3, 0.4) is 0 Å². The standard InChI is InChI=1S/C16H11F3N2O4S/c17-12-4-5-13(14(7-12)25-16(18)19)15(22)21-26(23,24)9-11-3-1-2-10(6-11)8-20/h1-7,16H,9H2,(H,21,22). The van der Waals surface area contributed by atoms with Gasteiger partial charge in [0.05, 0.1) is 22.9 Å². The summed E-state index contributed by atoms with van der Waals surface area (Å²) in [6.07, 6.45) is 0. The second-order valence-electron chi connectivity index (χ2n) is 5.02. The molecule has 2 rings (SSSR count). The van der Waals surface area contributed by atoms with Crippen molar-refractivity contribution < 1.29 is 31.1 Å². The van der Waals surface area contributed by atoms with Crippen LogP contribution in [-0.2, 0) is 15.8 Å². The third-order valence-electron chi connectivity index (χ3n) is 3.07. The van der Waals surface area contributed by atoms with Crippen molar-refractivity contribution in [3.63, 3.8) is 0 Å². The fourth-order valence-corrected chi connectivity index (χ4v) is 3.14. The van der Waals surface area contributed by atoms with Gasteiger partial charge in [-0.25, -0.2) is 17.5 Å². The number of hydrogen-bond acceptors (Lipinski definition) is 5. The molecule has 136 valence electrons. The molecule has 0 aliphatic rings. The van der Waals surface area contributed by atoms with Crippen molar-refractivity contribution in [3.05, 3.63) is 65.0 Å². The highest BCUT2D eigenvalue weighted by atomic mass is 32.2. The van der Waals surface area contributed by atoms with Gasteiger partial charge in [-0.2, -0.15) is 14.0 Å². The predicted molar refractivity (Wildman–Crippen MR) is 84.3 cm³/mol. The molecule has 2 aromatic carbocycles. The van der Waals surface area contributed by atoms with Crippen LogP contribution in [0.15, 0.2) is 42.5 Å². The number of nitrogens with one attached hydrogen (secondary N) is 1. The average Bonchev–Trinajstić information content (AvgIpc) is 2.53. The Bertz CT molecular complexity index is 972. The molecule has 0 aliphatic heterocycles. The smallest absolute Gasteiger partial charge is 0.387 e. The Kier molecular flexibility index (Phi) is 5.84. The first-order valence-electron chi connectivity index (χ1n) is 6.98. The summed E-state index contributed by atoms with van der Waals surface area (Å²) in [6, 6.07) is 9.73. The first-order valence-corrected chi connectivity index (χ1v) is 8.63. The first-order chi connectivity index (χ1) is 12.2. The van der Waals surface area contributed by atoms with Crippen LogP contribution in [0.25, 0.3) is 0 Å². The molecule has 0 aliphatic carbocycles. The van der Waals surface area contributed by atoms with Crippen molar-refractivity contribution in [2.75, 3.05) is 0 Å². The number of hydrogen-bond donors (Lipinski definition) is 1. The van der Waals surface area contributed by atoms with Gasteiger partial charge in [-0.1, -0.05) is 12.1 Å². The largest absolute Gasteiger partial charge is 0.434 e. The Morgan fingerprint density at radius 3 is 2.62 bits per heavy atom. The van der Waals surface area contributed by atoms with Crippen LogP contribution in [0, 0.1) is 17.1 Å². The second kappa shape index (κ2) is 7.88. The van der Waals surface area contributed by atoms with Crippen LogP contribution < -0.4 is 9.46 Å². The van der Waals surface area contributed by atoms with Crippen LogP contribution in [-0.4, -0.2) is 20.9 Å². The summed E-state index contributed by atoms with van der Waals surface area (Å²) < 4.78 is 67.9. The fourth-order valence-electron chi connectivity index (χ4n) is 2.06. The van der Waals surface area contributed by atoms with Gasteiger partial charge in [0.1, 0.15) is 11.6 Å². The van der Waals surface area contributed by atoms with Gasteiger partial charge in [0.25, 0.3) is 5.91 Å². The third kappa shape index (κ3) is 5.22. The SMILES string of the molecule is N#Cc1cccc(CS(=O)(=O)NC(=O)c2ccc(F)cc2OC(F)F)c1. The number of alkyl halides is 2. The highest BCUT2D eigenvalue weighted by Crippen LogP contribution is 2.22. The zero-order valence-corrected chi connectivity index (χ0v) is 13.8. The summed E-state index contributed by atoms with van der Waals surface area (Å²) in [4.78, 5) is 12.1. The molecule has 26 heavy (non-hydrogen) atoms. The third-order valence-corrected chi connectivity index (χ3v) is 4.28. The van der Waals surface area contributed by atoms with Gasteiger partial charge >= 0.3 is 6.61 Å². The van der Waals surface area contributed by atoms with Gasteiger partial charge in [0.15, 0.2) is 0 Å². The minimum Gasteiger partial charge on any atom is -0.434 e. The van der Waals surface area contributed by atoms with Crippen molar-refractivity contribution in [3.8, 4) is 11.8 Å². The lowest BCUT2D eigenvalue weighted by Crippen LogP contribution is -2.32. The molecule has 0 radical (unpaired) electrons. The highest BCUT2D eigenvalue weighted by Gasteiger charge is 2.22. The summed E-state index contributed by atoms with van der Waals surface area (Å²) in [7, 11) is -4.21. The Morgan fingerprint density at radius 1 is 1.23 bits per heavy atom. The molecule has 0 fully saturated rings. The van der Waals surface area contributed by atoms with E-state index in [4.69, 9.17) is 5.26 Å². The molecule has 0 atom stereocenters. The molecule has 1 N–H and O–H groups in total. The number of nitriles is 1. The summed E-state index contributed by atoms with van der Waals surface area (Å²) in [5.41, 5.74) is -0.0938. The van der Waals surface area contributed by atoms with Gasteiger partial charge in [0.2, 0.25) is 10.0 Å². The summed E-state index contributed by atoms with van der Waals surface area (Å²) in [5, 5.41) is 8.80. The van der Waals surface area contributed by atoms with Crippen molar-refractivity contribution in [2.45, 2.75) is 12.4 Å². The van der Waals surface area contributed by atoms with Crippen LogP contribution >= 0.6 is 0 Å². The minimum atomic E-state index is -4.21. The van der Waals surface area contributed by atoms with Crippen LogP contribution in [0.5, 0.6) is 5.75 Å². The average molecular weight is 384 g/mol. The summed E-state index contributed by atoms with van der Waals surface area (Å²) in [5.74, 6) is -3.61. The van der Waals surface area contributed by atoms with Crippen LogP contribution in [0.2, 0.25) is 0 Å². The van der Waals surface area contributed by atoms with Gasteiger partial charge in [-0.15, -0.1) is 0 Å². The minimum absolute atomic E-state index is 0.232. The lowest BCUT2D eigenvalue weighted by atomic mass is 10.2. The van der Waals surface area contributed by atoms with Crippen molar-refractivity contribution in [1.82, 2.24) is 4.72 Å². The molecule has 2 aromatic rings. The van der Waals surface area contributed by atoms with E-state index in [1.807, 2.05) is 6.07 Å². The van der Waals surface area contributed by atoms with E-state index in [1.165, 1.54) is 24.3 Å². The van der Waals surface area contributed by atoms with Gasteiger partial charge in [-0.3, -0.25) is 4.79 Å². The molecular formula is C16H11F3N2O4S. The Hall–Kier alpha value is -3.06. The maximum Gasteiger partial charge on any atom is 0.387 e. The van der Waals surface area contributed by atoms with E-state index in [1.54, 1.807) is 4.72 Å². The van der Waals surface area contributed by atoms with Crippen LogP contribution in [0.1, 0.15) is 21.5 Å². The van der Waals surface area contributed by atoms with Gasteiger partial charge < -0.3 is 4.74 Å². The number of nitrogens with zero attached hydrogens (tertiary/aromatic N) is 1. The first kappa shape index (κ1) is 19.3. The number of carbonyl (C=O) groups excluding carboxylic acids is 1. The number of carbonyl (C=O) groups is 1. The Labute approximate surface area is 146 Å². The Morgan fingerprint density at radius 2 is 1.96 bits per heavy atom. The second-order valence-corrected chi connectivity index (χ2v) is 6.74. The fraction of sp³-hybridized carbons (Fsp3) is 0.125. The van der Waals surface area contributed by atoms with Crippen molar-refractivity contribution in [1.29, 1.82) is 5.26 Å². The van der Waals surface area contributed by atoms with Crippen molar-refractivity contribution >= 4 is 15.9 Å². The van der Waals surface area contributed by atoms with Gasteiger partial charge in [0, 0.05) is 6.07 Å². The molecule has 0 saturated carbocycles. The zero-order chi connectivity index (χ0) is 19.3. The van der Waals surface area contributed by atoms with Crippen LogP contribution in [0.4, 0.5) is 13.2 Å². The molecule has 10 heteroatoms. The van der Waals surface area contributed by atoms with E-state index in [0.717, 1.165) is 12.1 Å². The molecule has 1 amide bonds. The number of halogens is 3. The van der Waals surface area contributed by atoms with E-state index < -0.39 is 45.4 Å². The lowest BCUT2D eigenvalue weighted by Gasteiger charge is -2.11. The quantitative estimate of drug-likeness (QED) is 0.826. The lowest BCUT2D eigenvalue weighted by molar-refractivity contribution is -0.0503. The number of ether oxygens (including phenoxy) is 1. The van der Waals surface area contributed by atoms with E-state index in [-0.39, 0.29) is 11.1 Å². The zero-order valence-electron chi connectivity index (χ0n) is 12.9. The maximum absolute atomic E-state index is 13.2. The van der Waals surface area contributed by atoms with E-state index in [9.17, 15) is 26.4 Å². The number of benzene rings is 2. The Balaban J connectivity index is 2.22. The number of amides is 1. The monoisotopic (exact) mass is 384 g/mol. The molecule has 6 nitrogen and oxygen atoms in total. The molecule has 0 spiro atoms. The molecule has 0 saturated heterocycles. The van der Waals surface area contributed by atoms with E-state index >= 15 is 0 Å². The molecule has 0 aromatic heterocycles. The highest BCUT2D eigenvalue weighted by molar-refractivity contribution is 7.89. The normalized spacial score (nSPS) is 11.0. The molecule has 0 unspecified atom stereocenters. The number of sulfonamides is 1. The van der Waals surface area contributed by atoms with E-state index in [2.05, 4.69) is 4.74 Å². The summed E-state index contributed by atoms with van der Waals surface area (Å²) >= 11 is 0. The molecule has 0 heterocycles. The summed E-state index contributed by atoms with van der Waals surface area (Å²) in [6.45, 7) is -3.33. The number of rotatable bonds is 6. The topological polar surface area (TPSA) is 96.3 Å². The predicted octanol–water partition coefficient (Wildman–Crippen LogP) is 2.56. The van der Waals surface area contributed by atoms with E-state index in [0.29, 0.717) is 6.07 Å². The van der Waals surface area contributed by atoms with Gasteiger partial charge in [-0.05, 0) is 29.8 Å². The van der Waals surface area contributed by atoms with Crippen molar-refractivity contribution in [2.24, 2.45) is 0 Å². The molecule has 0 bridgehead atoms. The molecular weight excluding hydrogens is 373 g/mol.